The van der Waals surface area contributed by atoms with Crippen molar-refractivity contribution in [3.63, 3.8) is 0 Å². The Kier molecular flexibility index (Phi) is 7.74. The van der Waals surface area contributed by atoms with Gasteiger partial charge in [0.1, 0.15) is 18.0 Å². The van der Waals surface area contributed by atoms with Crippen molar-refractivity contribution in [3.05, 3.63) is 88.5 Å². The van der Waals surface area contributed by atoms with Crippen LogP contribution in [0.3, 0.4) is 0 Å². The highest BCUT2D eigenvalue weighted by molar-refractivity contribution is 5.77. The number of phenols is 1. The van der Waals surface area contributed by atoms with Gasteiger partial charge in [-0.05, 0) is 103 Å². The van der Waals surface area contributed by atoms with Crippen molar-refractivity contribution in [1.29, 1.82) is 0 Å². The second kappa shape index (κ2) is 11.3. The summed E-state index contributed by atoms with van der Waals surface area (Å²) < 4.78 is 2.32. The van der Waals surface area contributed by atoms with E-state index in [1.54, 1.807) is 0 Å². The minimum Gasteiger partial charge on any atom is -0.505 e. The van der Waals surface area contributed by atoms with Gasteiger partial charge in [-0.25, -0.2) is 0 Å². The maximum Gasteiger partial charge on any atom is 0.153 e. The number of benzene rings is 3. The first-order valence-corrected chi connectivity index (χ1v) is 16.0. The van der Waals surface area contributed by atoms with E-state index in [4.69, 9.17) is 0 Å². The normalized spacial score (nSPS) is 25.3. The molecule has 0 unspecified atom stereocenters. The smallest absolute Gasteiger partial charge is 0.153 e. The molecule has 0 saturated heterocycles. The minimum absolute atomic E-state index is 0.171. The van der Waals surface area contributed by atoms with Crippen molar-refractivity contribution in [2.75, 3.05) is 18.4 Å². The number of nitrogens with one attached hydrogen (secondary N) is 1. The molecule has 3 heteroatoms. The highest BCUT2D eigenvalue weighted by atomic mass is 16.3. The van der Waals surface area contributed by atoms with Crippen LogP contribution in [0.2, 0.25) is 0 Å². The first-order valence-electron chi connectivity index (χ1n) is 16.0. The molecule has 216 valence electrons. The molecule has 4 saturated carbocycles. The fourth-order valence-corrected chi connectivity index (χ4v) is 8.78. The number of anilines is 1. The molecule has 2 N–H and O–H groups in total. The molecule has 3 aromatic carbocycles. The van der Waals surface area contributed by atoms with Gasteiger partial charge < -0.3 is 10.4 Å². The third-order valence-corrected chi connectivity index (χ3v) is 10.2. The van der Waals surface area contributed by atoms with E-state index in [1.807, 2.05) is 0 Å². The molecule has 0 heterocycles. The average molecular weight is 549 g/mol. The summed E-state index contributed by atoms with van der Waals surface area (Å²) in [6.45, 7) is 12.7. The maximum absolute atomic E-state index is 11.7. The second-order valence-corrected chi connectivity index (χ2v) is 14.1. The second-order valence-electron chi connectivity index (χ2n) is 14.1. The van der Waals surface area contributed by atoms with Crippen molar-refractivity contribution >= 4 is 17.6 Å². The van der Waals surface area contributed by atoms with Crippen LogP contribution in [0.25, 0.3) is 0 Å². The van der Waals surface area contributed by atoms with Crippen LogP contribution in [0.15, 0.2) is 60.7 Å². The monoisotopic (exact) mass is 548 g/mol. The molecule has 0 amide bonds. The molecule has 0 radical (unpaired) electrons. The molecule has 4 fully saturated rings. The fraction of sp³-hybridized carbons (Fsp3) is 0.500. The summed E-state index contributed by atoms with van der Waals surface area (Å²) in [7, 11) is 0. The molecule has 4 aliphatic carbocycles. The summed E-state index contributed by atoms with van der Waals surface area (Å²) in [4.78, 5) is 0. The lowest BCUT2D eigenvalue weighted by Crippen LogP contribution is -2.48. The Balaban J connectivity index is 1.31. The molecular formula is C38H48N2O. The molecule has 0 spiro atoms. The molecule has 0 aromatic heterocycles. The van der Waals surface area contributed by atoms with E-state index in [9.17, 15) is 5.11 Å². The summed E-state index contributed by atoms with van der Waals surface area (Å²) >= 11 is 0. The van der Waals surface area contributed by atoms with Gasteiger partial charge in [-0.2, -0.15) is 0 Å². The van der Waals surface area contributed by atoms with Gasteiger partial charge in [-0.1, -0.05) is 63.6 Å². The van der Waals surface area contributed by atoms with E-state index in [0.717, 1.165) is 35.5 Å². The largest absolute Gasteiger partial charge is 0.505 e. The maximum atomic E-state index is 11.7. The van der Waals surface area contributed by atoms with Crippen LogP contribution in [-0.2, 0) is 5.41 Å². The topological polar surface area (TPSA) is 35.3 Å². The summed E-state index contributed by atoms with van der Waals surface area (Å²) in [6.07, 6.45) is 11.7. The van der Waals surface area contributed by atoms with Crippen LogP contribution in [0.4, 0.5) is 11.4 Å². The summed E-state index contributed by atoms with van der Waals surface area (Å²) in [5.41, 5.74) is 8.55. The van der Waals surface area contributed by atoms with E-state index in [-0.39, 0.29) is 5.41 Å². The van der Waals surface area contributed by atoms with Gasteiger partial charge in [0.05, 0.1) is 12.2 Å². The first kappa shape index (κ1) is 28.1. The van der Waals surface area contributed by atoms with Gasteiger partial charge in [0.25, 0.3) is 0 Å². The molecule has 0 atom stereocenters. The van der Waals surface area contributed by atoms with E-state index in [0.29, 0.717) is 24.1 Å². The first-order chi connectivity index (χ1) is 19.7. The zero-order chi connectivity index (χ0) is 28.7. The van der Waals surface area contributed by atoms with E-state index in [2.05, 4.69) is 111 Å². The molecule has 4 aliphatic rings. The highest BCUT2D eigenvalue weighted by Gasteiger charge is 2.52. The number of aromatic hydroxyl groups is 1. The number of phenolic OH excluding ortho intramolecular Hbond substituents is 1. The number of nitrogens with zero attached hydrogens (tertiary/aromatic N) is 1. The number of hydrogen-bond acceptors (Lipinski definition) is 2. The lowest BCUT2D eigenvalue weighted by atomic mass is 9.48. The molecule has 0 aliphatic heterocycles. The molecular weight excluding hydrogens is 500 g/mol. The van der Waals surface area contributed by atoms with Crippen LogP contribution in [0, 0.1) is 24.7 Å². The molecule has 3 nitrogen and oxygen atoms in total. The van der Waals surface area contributed by atoms with Crippen LogP contribution < -0.4 is 5.32 Å². The van der Waals surface area contributed by atoms with E-state index in [1.165, 1.54) is 66.5 Å². The van der Waals surface area contributed by atoms with E-state index >= 15 is 0 Å². The Labute approximate surface area is 247 Å². The van der Waals surface area contributed by atoms with Gasteiger partial charge in [0.2, 0.25) is 0 Å². The number of hydrogen-bond donors (Lipinski definition) is 2. The Morgan fingerprint density at radius 1 is 0.854 bits per heavy atom. The summed E-state index contributed by atoms with van der Waals surface area (Å²) in [6, 6.07) is 21.6. The number of aryl methyl sites for hydroxylation is 1. The molecule has 41 heavy (non-hydrogen) atoms. The zero-order valence-corrected chi connectivity index (χ0v) is 25.7. The van der Waals surface area contributed by atoms with Crippen LogP contribution in [-0.4, -0.2) is 29.0 Å². The average Bonchev–Trinajstić information content (AvgIpc) is 2.93. The van der Waals surface area contributed by atoms with E-state index < -0.39 is 0 Å². The van der Waals surface area contributed by atoms with Gasteiger partial charge in [0.15, 0.2) is 6.21 Å². The van der Waals surface area contributed by atoms with Gasteiger partial charge in [0, 0.05) is 5.56 Å². The van der Waals surface area contributed by atoms with Crippen molar-refractivity contribution in [1.82, 2.24) is 0 Å². The summed E-state index contributed by atoms with van der Waals surface area (Å²) in [5.74, 6) is 3.86. The van der Waals surface area contributed by atoms with Crippen molar-refractivity contribution in [2.45, 2.75) is 90.4 Å². The fourth-order valence-electron chi connectivity index (χ4n) is 8.78. The highest BCUT2D eigenvalue weighted by Crippen LogP contribution is 2.62. The van der Waals surface area contributed by atoms with Crippen molar-refractivity contribution in [3.8, 4) is 5.75 Å². The quantitative estimate of drug-likeness (QED) is 0.121. The number of para-hydroxylation sites is 1. The van der Waals surface area contributed by atoms with Crippen molar-refractivity contribution in [2.24, 2.45) is 17.8 Å². The number of rotatable bonds is 9. The van der Waals surface area contributed by atoms with Crippen LogP contribution in [0.5, 0.6) is 5.75 Å². The zero-order valence-electron chi connectivity index (χ0n) is 25.7. The van der Waals surface area contributed by atoms with Crippen LogP contribution >= 0.6 is 0 Å². The summed E-state index contributed by atoms with van der Waals surface area (Å²) in [5, 5.41) is 15.4. The Hall–Kier alpha value is -3.07. The van der Waals surface area contributed by atoms with Gasteiger partial charge in [-0.15, -0.1) is 24.3 Å². The van der Waals surface area contributed by atoms with Gasteiger partial charge in [-0.3, -0.25) is 4.58 Å². The minimum atomic E-state index is 0.171. The molecule has 7 rings (SSSR count). The van der Waals surface area contributed by atoms with Gasteiger partial charge >= 0.3 is 0 Å². The van der Waals surface area contributed by atoms with Crippen LogP contribution in [0.1, 0.15) is 106 Å². The molecule has 3 aromatic rings. The Morgan fingerprint density at radius 3 is 2.00 bits per heavy atom. The SMILES string of the molecule is Cc1cc(NCC[N+](=[C-]c2ccccc2)c2c(C(C)C)cccc2C(C)C)c(O)c(C23CC4CC(CC(C4)C2)C3)c1. The lowest BCUT2D eigenvalue weighted by molar-refractivity contribution is -0.432. The lowest BCUT2D eigenvalue weighted by Gasteiger charge is -2.57. The predicted molar refractivity (Wildman–Crippen MR) is 171 cm³/mol. The standard InChI is InChI=1S/C38H48N2O/c1-25(2)32-12-9-13-33(26(3)4)36(32)40(24-28-10-7-6-8-11-28)15-14-39-35-17-27(5)16-34(37(35)41)38-21-29-18-30(22-38)20-31(19-29)23-38/h6-13,16-17,25-26,29-31,39,41H,14-15,18-23H2,1-5H3. The molecule has 4 bridgehead atoms. The third kappa shape index (κ3) is 5.57. The Morgan fingerprint density at radius 2 is 1.44 bits per heavy atom. The Bertz CT molecular complexity index is 1360. The third-order valence-electron chi connectivity index (χ3n) is 10.2. The predicted octanol–water partition coefficient (Wildman–Crippen LogP) is 9.17. The van der Waals surface area contributed by atoms with Crippen molar-refractivity contribution < 1.29 is 9.68 Å².